The van der Waals surface area contributed by atoms with Crippen molar-refractivity contribution in [2.24, 2.45) is 0 Å². The van der Waals surface area contributed by atoms with Crippen molar-refractivity contribution in [3.63, 3.8) is 0 Å². The summed E-state index contributed by atoms with van der Waals surface area (Å²) in [5, 5.41) is 3.47. The summed E-state index contributed by atoms with van der Waals surface area (Å²) in [6.07, 6.45) is 2.60. The zero-order valence-corrected chi connectivity index (χ0v) is 12.5. The molecule has 0 aromatic rings. The maximum Gasteiger partial charge on any atom is 0.0826 e. The molecule has 1 atom stereocenters. The molecule has 1 fully saturated rings. The van der Waals surface area contributed by atoms with Crippen molar-refractivity contribution in [2.45, 2.75) is 25.9 Å². The van der Waals surface area contributed by atoms with Gasteiger partial charge in [0.05, 0.1) is 25.9 Å². The van der Waals surface area contributed by atoms with Gasteiger partial charge in [0.2, 0.25) is 0 Å². The monoisotopic (exact) mass is 274 g/mol. The summed E-state index contributed by atoms with van der Waals surface area (Å²) in [6, 6.07) is 0. The zero-order valence-electron chi connectivity index (χ0n) is 12.5. The van der Waals surface area contributed by atoms with Gasteiger partial charge in [-0.15, -0.1) is 0 Å². The summed E-state index contributed by atoms with van der Waals surface area (Å²) in [6.45, 7) is 10.5. The molecule has 0 saturated carbocycles. The standard InChI is InChI=1S/C14H30N2O3/c1-3-16-7-9-19-14(13-16)12-15-6-4-5-8-18-11-10-17-2/h14-15H,3-13H2,1-2H3. The van der Waals surface area contributed by atoms with Crippen LogP contribution in [0.4, 0.5) is 0 Å². The Bertz CT molecular complexity index is 205. The lowest BCUT2D eigenvalue weighted by atomic mass is 10.2. The van der Waals surface area contributed by atoms with Gasteiger partial charge in [0.1, 0.15) is 0 Å². The molecule has 0 radical (unpaired) electrons. The first-order valence-corrected chi connectivity index (χ1v) is 7.48. The van der Waals surface area contributed by atoms with Crippen LogP contribution in [0.15, 0.2) is 0 Å². The fourth-order valence-corrected chi connectivity index (χ4v) is 2.15. The van der Waals surface area contributed by atoms with Crippen molar-refractivity contribution in [2.75, 3.05) is 66.3 Å². The highest BCUT2D eigenvalue weighted by molar-refractivity contribution is 4.72. The van der Waals surface area contributed by atoms with E-state index in [-0.39, 0.29) is 0 Å². The van der Waals surface area contributed by atoms with Crippen LogP contribution in [0.2, 0.25) is 0 Å². The van der Waals surface area contributed by atoms with Gasteiger partial charge in [-0.3, -0.25) is 4.90 Å². The van der Waals surface area contributed by atoms with Gasteiger partial charge in [0, 0.05) is 33.4 Å². The molecule has 1 aliphatic heterocycles. The van der Waals surface area contributed by atoms with E-state index < -0.39 is 0 Å². The van der Waals surface area contributed by atoms with E-state index in [0.717, 1.165) is 58.8 Å². The quantitative estimate of drug-likeness (QED) is 0.563. The lowest BCUT2D eigenvalue weighted by Gasteiger charge is -2.32. The molecule has 0 aromatic carbocycles. The molecule has 5 heteroatoms. The van der Waals surface area contributed by atoms with Gasteiger partial charge in [0.25, 0.3) is 0 Å². The Balaban J connectivity index is 1.85. The second kappa shape index (κ2) is 11.6. The molecule has 1 N–H and O–H groups in total. The number of hydrogen-bond acceptors (Lipinski definition) is 5. The zero-order chi connectivity index (χ0) is 13.8. The molecule has 0 aliphatic carbocycles. The number of morpholine rings is 1. The number of rotatable bonds is 11. The molecule has 0 amide bonds. The van der Waals surface area contributed by atoms with Crippen LogP contribution < -0.4 is 5.32 Å². The molecular formula is C14H30N2O3. The van der Waals surface area contributed by atoms with Crippen LogP contribution in [-0.2, 0) is 14.2 Å². The van der Waals surface area contributed by atoms with Crippen molar-refractivity contribution in [1.29, 1.82) is 0 Å². The predicted molar refractivity (Wildman–Crippen MR) is 76.7 cm³/mol. The van der Waals surface area contributed by atoms with Crippen molar-refractivity contribution in [3.05, 3.63) is 0 Å². The number of methoxy groups -OCH3 is 1. The Morgan fingerprint density at radius 2 is 2.16 bits per heavy atom. The number of nitrogens with one attached hydrogen (secondary N) is 1. The van der Waals surface area contributed by atoms with Crippen molar-refractivity contribution in [1.82, 2.24) is 10.2 Å². The second-order valence-corrected chi connectivity index (χ2v) is 4.90. The average molecular weight is 274 g/mol. The Hall–Kier alpha value is -0.200. The number of likely N-dealkylation sites (N-methyl/N-ethyl adjacent to an activating group) is 1. The van der Waals surface area contributed by atoms with Gasteiger partial charge in [-0.2, -0.15) is 0 Å². The Morgan fingerprint density at radius 1 is 1.26 bits per heavy atom. The van der Waals surface area contributed by atoms with Gasteiger partial charge >= 0.3 is 0 Å². The molecular weight excluding hydrogens is 244 g/mol. The summed E-state index contributed by atoms with van der Waals surface area (Å²) >= 11 is 0. The molecule has 5 nitrogen and oxygen atoms in total. The minimum Gasteiger partial charge on any atom is -0.382 e. The maximum absolute atomic E-state index is 5.74. The maximum atomic E-state index is 5.74. The van der Waals surface area contributed by atoms with E-state index in [9.17, 15) is 0 Å². The lowest BCUT2D eigenvalue weighted by molar-refractivity contribution is -0.0252. The molecule has 1 saturated heterocycles. The molecule has 0 aromatic heterocycles. The summed E-state index contributed by atoms with van der Waals surface area (Å²) in [7, 11) is 1.69. The third-order valence-electron chi connectivity index (χ3n) is 3.37. The van der Waals surface area contributed by atoms with E-state index in [1.54, 1.807) is 7.11 Å². The fraction of sp³-hybridized carbons (Fsp3) is 1.00. The third-order valence-corrected chi connectivity index (χ3v) is 3.37. The first-order valence-electron chi connectivity index (χ1n) is 7.48. The van der Waals surface area contributed by atoms with E-state index in [1.807, 2.05) is 0 Å². The predicted octanol–water partition coefficient (Wildman–Crippen LogP) is 0.740. The van der Waals surface area contributed by atoms with E-state index in [4.69, 9.17) is 14.2 Å². The van der Waals surface area contributed by atoms with E-state index >= 15 is 0 Å². The highest BCUT2D eigenvalue weighted by atomic mass is 16.5. The largest absolute Gasteiger partial charge is 0.382 e. The van der Waals surface area contributed by atoms with Gasteiger partial charge in [0.15, 0.2) is 0 Å². The molecule has 1 unspecified atom stereocenters. The summed E-state index contributed by atoms with van der Waals surface area (Å²) in [4.78, 5) is 2.44. The van der Waals surface area contributed by atoms with Crippen LogP contribution in [-0.4, -0.2) is 77.3 Å². The minimum absolute atomic E-state index is 0.353. The molecule has 114 valence electrons. The number of nitrogens with zero attached hydrogens (tertiary/aromatic N) is 1. The molecule has 1 rings (SSSR count). The first-order chi connectivity index (χ1) is 9.36. The van der Waals surface area contributed by atoms with Gasteiger partial charge < -0.3 is 19.5 Å². The first kappa shape index (κ1) is 16.9. The number of ether oxygens (including phenoxy) is 3. The summed E-state index contributed by atoms with van der Waals surface area (Å²) in [5.74, 6) is 0. The van der Waals surface area contributed by atoms with Gasteiger partial charge in [-0.1, -0.05) is 6.92 Å². The Kier molecular flexibility index (Phi) is 10.3. The molecule has 19 heavy (non-hydrogen) atoms. The molecule has 1 heterocycles. The van der Waals surface area contributed by atoms with Crippen LogP contribution in [0.25, 0.3) is 0 Å². The summed E-state index contributed by atoms with van der Waals surface area (Å²) < 4.78 is 16.1. The Morgan fingerprint density at radius 3 is 2.95 bits per heavy atom. The van der Waals surface area contributed by atoms with Crippen molar-refractivity contribution >= 4 is 0 Å². The van der Waals surface area contributed by atoms with Crippen LogP contribution in [0.1, 0.15) is 19.8 Å². The molecule has 1 aliphatic rings. The number of unbranched alkanes of at least 4 members (excludes halogenated alkanes) is 1. The highest BCUT2D eigenvalue weighted by Gasteiger charge is 2.18. The third kappa shape index (κ3) is 8.55. The van der Waals surface area contributed by atoms with Gasteiger partial charge in [-0.05, 0) is 25.9 Å². The minimum atomic E-state index is 0.353. The summed E-state index contributed by atoms with van der Waals surface area (Å²) in [5.41, 5.74) is 0. The van der Waals surface area contributed by atoms with Crippen molar-refractivity contribution < 1.29 is 14.2 Å². The second-order valence-electron chi connectivity index (χ2n) is 4.90. The van der Waals surface area contributed by atoms with Crippen LogP contribution in [0, 0.1) is 0 Å². The normalized spacial score (nSPS) is 20.8. The fourth-order valence-electron chi connectivity index (χ4n) is 2.15. The van der Waals surface area contributed by atoms with Crippen molar-refractivity contribution in [3.8, 4) is 0 Å². The number of hydrogen-bond donors (Lipinski definition) is 1. The SMILES string of the molecule is CCN1CCOC(CNCCCCOCCOC)C1. The topological polar surface area (TPSA) is 43.0 Å². The molecule has 0 bridgehead atoms. The smallest absolute Gasteiger partial charge is 0.0826 e. The van der Waals surface area contributed by atoms with E-state index in [2.05, 4.69) is 17.1 Å². The average Bonchev–Trinajstić information content (AvgIpc) is 2.46. The Labute approximate surface area is 117 Å². The van der Waals surface area contributed by atoms with Crippen LogP contribution in [0.5, 0.6) is 0 Å². The van der Waals surface area contributed by atoms with E-state index in [0.29, 0.717) is 19.3 Å². The molecule has 0 spiro atoms. The van der Waals surface area contributed by atoms with Crippen LogP contribution >= 0.6 is 0 Å². The van der Waals surface area contributed by atoms with E-state index in [1.165, 1.54) is 0 Å². The van der Waals surface area contributed by atoms with Gasteiger partial charge in [-0.25, -0.2) is 0 Å². The lowest BCUT2D eigenvalue weighted by Crippen LogP contribution is -2.46. The highest BCUT2D eigenvalue weighted by Crippen LogP contribution is 2.03. The van der Waals surface area contributed by atoms with Crippen LogP contribution in [0.3, 0.4) is 0 Å².